The Kier molecular flexibility index (Phi) is 4.79. The summed E-state index contributed by atoms with van der Waals surface area (Å²) in [6.07, 6.45) is 0.902. The largest absolute Gasteiger partial charge is 0.363 e. The van der Waals surface area contributed by atoms with Gasteiger partial charge < -0.3 is 10.2 Å². The lowest BCUT2D eigenvalue weighted by Gasteiger charge is -2.33. The van der Waals surface area contributed by atoms with Gasteiger partial charge in [-0.15, -0.1) is 0 Å². The number of pyridine rings is 1. The fourth-order valence-electron chi connectivity index (χ4n) is 2.54. The van der Waals surface area contributed by atoms with Crippen LogP contribution in [0.5, 0.6) is 0 Å². The Hall–Kier alpha value is -1.58. The predicted octanol–water partition coefficient (Wildman–Crippen LogP) is 3.09. The highest BCUT2D eigenvalue weighted by molar-refractivity contribution is 5.93. The molecule has 0 aliphatic carbocycles. The number of aromatic nitrogens is 1. The van der Waals surface area contributed by atoms with E-state index in [1.165, 1.54) is 0 Å². The van der Waals surface area contributed by atoms with Gasteiger partial charge in [0, 0.05) is 19.6 Å². The summed E-state index contributed by atoms with van der Waals surface area (Å²) >= 11 is 0. The molecule has 0 radical (unpaired) electrons. The Morgan fingerprint density at radius 1 is 1.20 bits per heavy atom. The van der Waals surface area contributed by atoms with Crippen molar-refractivity contribution in [2.45, 2.75) is 46.6 Å². The molecular weight excluding hydrogens is 250 g/mol. The fraction of sp³-hybridized carbons (Fsp3) is 0.625. The van der Waals surface area contributed by atoms with Crippen LogP contribution < -0.4 is 10.2 Å². The molecule has 0 fully saturated rings. The molecule has 0 saturated heterocycles. The van der Waals surface area contributed by atoms with Crippen molar-refractivity contribution in [1.82, 2.24) is 10.3 Å². The topological polar surface area (TPSA) is 45.2 Å². The van der Waals surface area contributed by atoms with Gasteiger partial charge in [0.05, 0.1) is 0 Å². The maximum Gasteiger partial charge on any atom is 0.270 e. The van der Waals surface area contributed by atoms with Gasteiger partial charge in [-0.2, -0.15) is 0 Å². The smallest absolute Gasteiger partial charge is 0.270 e. The fourth-order valence-corrected chi connectivity index (χ4v) is 2.54. The highest BCUT2D eigenvalue weighted by Gasteiger charge is 2.27. The molecule has 4 heteroatoms. The lowest BCUT2D eigenvalue weighted by atomic mass is 9.82. The van der Waals surface area contributed by atoms with E-state index in [-0.39, 0.29) is 16.9 Å². The second-order valence-electron chi connectivity index (χ2n) is 7.35. The summed E-state index contributed by atoms with van der Waals surface area (Å²) in [5.74, 6) is 0.661. The van der Waals surface area contributed by atoms with E-state index < -0.39 is 0 Å². The van der Waals surface area contributed by atoms with Gasteiger partial charge in [0.15, 0.2) is 0 Å². The van der Waals surface area contributed by atoms with Gasteiger partial charge in [0.25, 0.3) is 5.91 Å². The second kappa shape index (κ2) is 5.81. The molecule has 0 atom stereocenters. The van der Waals surface area contributed by atoms with Crippen molar-refractivity contribution < 1.29 is 4.79 Å². The van der Waals surface area contributed by atoms with Crippen LogP contribution in [0, 0.1) is 5.41 Å². The van der Waals surface area contributed by atoms with Crippen molar-refractivity contribution in [3.05, 3.63) is 23.9 Å². The number of amides is 1. The molecule has 1 heterocycles. The summed E-state index contributed by atoms with van der Waals surface area (Å²) < 4.78 is 0. The summed E-state index contributed by atoms with van der Waals surface area (Å²) in [6.45, 7) is 10.6. The molecule has 0 aliphatic rings. The maximum atomic E-state index is 12.3. The molecule has 1 rings (SSSR count). The van der Waals surface area contributed by atoms with Gasteiger partial charge in [0.2, 0.25) is 0 Å². The van der Waals surface area contributed by atoms with Crippen LogP contribution in [0.15, 0.2) is 18.2 Å². The van der Waals surface area contributed by atoms with Crippen LogP contribution in [0.25, 0.3) is 0 Å². The van der Waals surface area contributed by atoms with E-state index in [4.69, 9.17) is 0 Å². The first kappa shape index (κ1) is 16.5. The molecule has 1 aromatic heterocycles. The van der Waals surface area contributed by atoms with Crippen LogP contribution in [0.4, 0.5) is 5.82 Å². The number of hydrogen-bond acceptors (Lipinski definition) is 3. The van der Waals surface area contributed by atoms with Crippen molar-refractivity contribution in [2.75, 3.05) is 19.0 Å². The van der Waals surface area contributed by atoms with Crippen LogP contribution in [0.3, 0.4) is 0 Å². The number of carbonyl (C=O) groups is 1. The molecule has 112 valence electrons. The van der Waals surface area contributed by atoms with Crippen LogP contribution in [-0.2, 0) is 0 Å². The van der Waals surface area contributed by atoms with E-state index in [1.54, 1.807) is 6.07 Å². The Bertz CT molecular complexity index is 473. The monoisotopic (exact) mass is 277 g/mol. The van der Waals surface area contributed by atoms with Gasteiger partial charge in [0.1, 0.15) is 11.5 Å². The molecule has 1 aromatic rings. The number of anilines is 1. The minimum absolute atomic E-state index is 0.122. The van der Waals surface area contributed by atoms with Crippen LogP contribution in [0.2, 0.25) is 0 Å². The summed E-state index contributed by atoms with van der Waals surface area (Å²) in [5.41, 5.74) is 0.360. The third-order valence-corrected chi connectivity index (χ3v) is 2.85. The first-order valence-electron chi connectivity index (χ1n) is 6.97. The Morgan fingerprint density at radius 3 is 2.30 bits per heavy atom. The molecule has 1 amide bonds. The van der Waals surface area contributed by atoms with Crippen molar-refractivity contribution in [3.63, 3.8) is 0 Å². The number of rotatable bonds is 4. The first-order valence-corrected chi connectivity index (χ1v) is 6.97. The van der Waals surface area contributed by atoms with E-state index in [0.717, 1.165) is 12.2 Å². The Morgan fingerprint density at radius 2 is 1.80 bits per heavy atom. The molecule has 1 N–H and O–H groups in total. The van der Waals surface area contributed by atoms with Crippen molar-refractivity contribution in [2.24, 2.45) is 5.41 Å². The minimum Gasteiger partial charge on any atom is -0.363 e. The summed E-state index contributed by atoms with van der Waals surface area (Å²) in [4.78, 5) is 18.6. The molecule has 20 heavy (non-hydrogen) atoms. The normalized spacial score (nSPS) is 12.2. The third kappa shape index (κ3) is 5.19. The standard InChI is InChI=1S/C16H27N3O/c1-15(2,3)11-16(4,5)18-14(20)12-9-8-10-13(17-12)19(6)7/h8-10H,11H2,1-7H3,(H,18,20). The van der Waals surface area contributed by atoms with Crippen molar-refractivity contribution in [1.29, 1.82) is 0 Å². The van der Waals surface area contributed by atoms with E-state index in [9.17, 15) is 4.79 Å². The van der Waals surface area contributed by atoms with E-state index in [0.29, 0.717) is 5.69 Å². The average Bonchev–Trinajstić information content (AvgIpc) is 2.25. The van der Waals surface area contributed by atoms with Gasteiger partial charge in [-0.3, -0.25) is 4.79 Å². The Balaban J connectivity index is 2.83. The highest BCUT2D eigenvalue weighted by Crippen LogP contribution is 2.27. The molecule has 0 saturated carbocycles. The quantitative estimate of drug-likeness (QED) is 0.920. The summed E-state index contributed by atoms with van der Waals surface area (Å²) in [7, 11) is 3.82. The van der Waals surface area contributed by atoms with Crippen LogP contribution in [0.1, 0.15) is 51.5 Å². The molecule has 0 aromatic carbocycles. The average molecular weight is 277 g/mol. The maximum absolute atomic E-state index is 12.3. The van der Waals surface area contributed by atoms with Crippen LogP contribution in [-0.4, -0.2) is 30.5 Å². The molecule has 0 aliphatic heterocycles. The lowest BCUT2D eigenvalue weighted by molar-refractivity contribution is 0.0886. The Labute approximate surface area is 122 Å². The third-order valence-electron chi connectivity index (χ3n) is 2.85. The van der Waals surface area contributed by atoms with Gasteiger partial charge >= 0.3 is 0 Å². The molecule has 0 spiro atoms. The zero-order valence-electron chi connectivity index (χ0n) is 13.7. The van der Waals surface area contributed by atoms with Crippen molar-refractivity contribution in [3.8, 4) is 0 Å². The summed E-state index contributed by atoms with van der Waals surface area (Å²) in [5, 5.41) is 3.08. The van der Waals surface area contributed by atoms with Crippen molar-refractivity contribution >= 4 is 11.7 Å². The minimum atomic E-state index is -0.259. The van der Waals surface area contributed by atoms with Gasteiger partial charge in [-0.1, -0.05) is 26.8 Å². The molecular formula is C16H27N3O. The van der Waals surface area contributed by atoms with E-state index in [2.05, 4.69) is 31.1 Å². The number of nitrogens with zero attached hydrogens (tertiary/aromatic N) is 2. The first-order chi connectivity index (χ1) is 9.00. The van der Waals surface area contributed by atoms with E-state index in [1.807, 2.05) is 45.0 Å². The number of hydrogen-bond donors (Lipinski definition) is 1. The zero-order valence-corrected chi connectivity index (χ0v) is 13.7. The van der Waals surface area contributed by atoms with Gasteiger partial charge in [-0.25, -0.2) is 4.98 Å². The number of nitrogens with one attached hydrogen (secondary N) is 1. The molecule has 0 bridgehead atoms. The summed E-state index contributed by atoms with van der Waals surface area (Å²) in [6, 6.07) is 5.49. The molecule has 4 nitrogen and oxygen atoms in total. The SMILES string of the molecule is CN(C)c1cccc(C(=O)NC(C)(C)CC(C)(C)C)n1. The van der Waals surface area contributed by atoms with Gasteiger partial charge in [-0.05, 0) is 37.8 Å². The zero-order chi connectivity index (χ0) is 15.6. The van der Waals surface area contributed by atoms with E-state index >= 15 is 0 Å². The van der Waals surface area contributed by atoms with Crippen LogP contribution >= 0.6 is 0 Å². The molecule has 0 unspecified atom stereocenters. The highest BCUT2D eigenvalue weighted by atomic mass is 16.2. The lowest BCUT2D eigenvalue weighted by Crippen LogP contribution is -2.46. The number of carbonyl (C=O) groups excluding carboxylic acids is 1. The second-order valence-corrected chi connectivity index (χ2v) is 7.35. The predicted molar refractivity (Wildman–Crippen MR) is 84.2 cm³/mol.